The van der Waals surface area contributed by atoms with Gasteiger partial charge in [-0.25, -0.2) is 0 Å². The lowest BCUT2D eigenvalue weighted by molar-refractivity contribution is -0.123. The summed E-state index contributed by atoms with van der Waals surface area (Å²) in [6.45, 7) is 7.77. The molecule has 12 heavy (non-hydrogen) atoms. The molecule has 1 radical (unpaired) electrons. The summed E-state index contributed by atoms with van der Waals surface area (Å²) >= 11 is 0. The van der Waals surface area contributed by atoms with E-state index in [1.54, 1.807) is 0 Å². The molecule has 1 unspecified atom stereocenters. The zero-order valence-corrected chi connectivity index (χ0v) is 7.62. The van der Waals surface area contributed by atoms with E-state index in [4.69, 9.17) is 5.73 Å². The zero-order valence-electron chi connectivity index (χ0n) is 7.62. The molecule has 1 amide bonds. The Balaban J connectivity index is 2.39. The lowest BCUT2D eigenvalue weighted by Gasteiger charge is -2.33. The molecular weight excluding hydrogens is 152 g/mol. The maximum atomic E-state index is 10.8. The zero-order chi connectivity index (χ0) is 9.14. The lowest BCUT2D eigenvalue weighted by atomic mass is 9.98. The summed E-state index contributed by atoms with van der Waals surface area (Å²) in [5.41, 5.74) is 5.21. The number of rotatable bonds is 2. The maximum absolute atomic E-state index is 10.8. The predicted molar refractivity (Wildman–Crippen MR) is 48.3 cm³/mol. The molecule has 1 saturated heterocycles. The first-order valence-electron chi connectivity index (χ1n) is 4.47. The molecule has 1 rings (SSSR count). The van der Waals surface area contributed by atoms with Crippen LogP contribution in [-0.2, 0) is 4.79 Å². The van der Waals surface area contributed by atoms with Crippen LogP contribution in [0.4, 0.5) is 0 Å². The second-order valence-electron chi connectivity index (χ2n) is 3.56. The molecule has 69 valence electrons. The minimum absolute atomic E-state index is 0.113. The molecule has 1 aliphatic heterocycles. The topological polar surface area (TPSA) is 46.3 Å². The number of piperidine rings is 1. The maximum Gasteiger partial charge on any atom is 0.234 e. The van der Waals surface area contributed by atoms with E-state index in [9.17, 15) is 4.79 Å². The second-order valence-corrected chi connectivity index (χ2v) is 3.56. The summed E-state index contributed by atoms with van der Waals surface area (Å²) in [7, 11) is 0. The quantitative estimate of drug-likeness (QED) is 0.650. The molecule has 1 heterocycles. The third-order valence-electron chi connectivity index (χ3n) is 2.61. The van der Waals surface area contributed by atoms with Gasteiger partial charge in [0.1, 0.15) is 0 Å². The molecule has 0 aliphatic carbocycles. The molecule has 0 spiro atoms. The third kappa shape index (κ3) is 2.21. The van der Waals surface area contributed by atoms with Crippen LogP contribution < -0.4 is 5.73 Å². The minimum Gasteiger partial charge on any atom is -0.368 e. The van der Waals surface area contributed by atoms with Crippen LogP contribution in [-0.4, -0.2) is 29.9 Å². The predicted octanol–water partition coefficient (Wildman–Crippen LogP) is 0.406. The number of hydrogen-bond donors (Lipinski definition) is 1. The van der Waals surface area contributed by atoms with Crippen molar-refractivity contribution in [3.05, 3.63) is 6.92 Å². The van der Waals surface area contributed by atoms with Crippen molar-refractivity contribution in [1.29, 1.82) is 0 Å². The lowest BCUT2D eigenvalue weighted by Crippen LogP contribution is -2.46. The standard InChI is InChI=1S/C9H17N2O/c1-7-3-5-11(6-4-7)8(2)9(10)12/h7-8H,1,3-6H2,2H3,(H2,10,12). The van der Waals surface area contributed by atoms with Crippen LogP contribution in [0.15, 0.2) is 0 Å². The van der Waals surface area contributed by atoms with Gasteiger partial charge in [-0.05, 0) is 38.8 Å². The van der Waals surface area contributed by atoms with Gasteiger partial charge in [0, 0.05) is 0 Å². The molecular formula is C9H17N2O. The van der Waals surface area contributed by atoms with Crippen molar-refractivity contribution in [2.24, 2.45) is 11.7 Å². The van der Waals surface area contributed by atoms with Gasteiger partial charge in [-0.1, -0.05) is 6.92 Å². The number of amides is 1. The van der Waals surface area contributed by atoms with Crippen molar-refractivity contribution in [1.82, 2.24) is 4.90 Å². The highest BCUT2D eigenvalue weighted by Crippen LogP contribution is 2.17. The highest BCUT2D eigenvalue weighted by molar-refractivity contribution is 5.79. The van der Waals surface area contributed by atoms with Gasteiger partial charge in [0.05, 0.1) is 6.04 Å². The number of carbonyl (C=O) groups is 1. The fourth-order valence-electron chi connectivity index (χ4n) is 1.52. The average molecular weight is 169 g/mol. The molecule has 1 atom stereocenters. The van der Waals surface area contributed by atoms with Gasteiger partial charge in [0.2, 0.25) is 5.91 Å². The van der Waals surface area contributed by atoms with Crippen LogP contribution in [0.1, 0.15) is 19.8 Å². The molecule has 1 fully saturated rings. The largest absolute Gasteiger partial charge is 0.368 e. The summed E-state index contributed by atoms with van der Waals surface area (Å²) in [5.74, 6) is 0.332. The Morgan fingerprint density at radius 3 is 2.50 bits per heavy atom. The molecule has 0 bridgehead atoms. The Kier molecular flexibility index (Phi) is 3.09. The van der Waals surface area contributed by atoms with Gasteiger partial charge < -0.3 is 5.73 Å². The smallest absolute Gasteiger partial charge is 0.234 e. The first kappa shape index (κ1) is 9.52. The Hall–Kier alpha value is -0.570. The van der Waals surface area contributed by atoms with E-state index >= 15 is 0 Å². The molecule has 1 aliphatic rings. The van der Waals surface area contributed by atoms with E-state index in [-0.39, 0.29) is 11.9 Å². The number of hydrogen-bond acceptors (Lipinski definition) is 2. The van der Waals surface area contributed by atoms with Crippen LogP contribution >= 0.6 is 0 Å². The van der Waals surface area contributed by atoms with Crippen molar-refractivity contribution in [2.45, 2.75) is 25.8 Å². The monoisotopic (exact) mass is 169 g/mol. The summed E-state index contributed by atoms with van der Waals surface area (Å²) in [4.78, 5) is 13.0. The van der Waals surface area contributed by atoms with Crippen LogP contribution in [0.25, 0.3) is 0 Å². The van der Waals surface area contributed by atoms with Crippen LogP contribution in [0, 0.1) is 12.8 Å². The Morgan fingerprint density at radius 1 is 1.58 bits per heavy atom. The first-order chi connectivity index (χ1) is 5.61. The van der Waals surface area contributed by atoms with Gasteiger partial charge in [-0.15, -0.1) is 0 Å². The van der Waals surface area contributed by atoms with E-state index < -0.39 is 0 Å². The molecule has 3 heteroatoms. The third-order valence-corrected chi connectivity index (χ3v) is 2.61. The molecule has 0 aromatic rings. The number of primary amides is 1. The van der Waals surface area contributed by atoms with Gasteiger partial charge in [-0.2, -0.15) is 0 Å². The van der Waals surface area contributed by atoms with E-state index in [1.165, 1.54) is 0 Å². The van der Waals surface area contributed by atoms with Gasteiger partial charge >= 0.3 is 0 Å². The molecule has 0 aromatic carbocycles. The fraction of sp³-hybridized carbons (Fsp3) is 0.778. The summed E-state index contributed by atoms with van der Waals surface area (Å²) in [6.07, 6.45) is 2.16. The Labute approximate surface area is 73.9 Å². The van der Waals surface area contributed by atoms with Crippen LogP contribution in [0.5, 0.6) is 0 Å². The highest BCUT2D eigenvalue weighted by Gasteiger charge is 2.22. The molecule has 0 saturated carbocycles. The molecule has 2 N–H and O–H groups in total. The van der Waals surface area contributed by atoms with Gasteiger partial charge in [0.25, 0.3) is 0 Å². The number of nitrogens with zero attached hydrogens (tertiary/aromatic N) is 1. The first-order valence-corrected chi connectivity index (χ1v) is 4.47. The SMILES string of the molecule is [CH2]C1CCN(C(C)C(N)=O)CC1. The van der Waals surface area contributed by atoms with Crippen molar-refractivity contribution in [3.63, 3.8) is 0 Å². The average Bonchev–Trinajstić information content (AvgIpc) is 2.04. The van der Waals surface area contributed by atoms with Gasteiger partial charge in [0.15, 0.2) is 0 Å². The Bertz CT molecular complexity index is 162. The van der Waals surface area contributed by atoms with E-state index in [1.807, 2.05) is 6.92 Å². The number of carbonyl (C=O) groups excluding carboxylic acids is 1. The minimum atomic E-state index is -0.225. The second kappa shape index (κ2) is 3.90. The van der Waals surface area contributed by atoms with E-state index in [2.05, 4.69) is 11.8 Å². The number of likely N-dealkylation sites (tertiary alicyclic amines) is 1. The van der Waals surface area contributed by atoms with Gasteiger partial charge in [-0.3, -0.25) is 9.69 Å². The summed E-state index contributed by atoms with van der Waals surface area (Å²) in [6, 6.07) is -0.113. The van der Waals surface area contributed by atoms with E-state index in [0.717, 1.165) is 25.9 Å². The van der Waals surface area contributed by atoms with E-state index in [0.29, 0.717) is 5.92 Å². The van der Waals surface area contributed by atoms with Crippen LogP contribution in [0.3, 0.4) is 0 Å². The molecule has 3 nitrogen and oxygen atoms in total. The summed E-state index contributed by atoms with van der Waals surface area (Å²) in [5, 5.41) is 0. The van der Waals surface area contributed by atoms with Crippen molar-refractivity contribution in [3.8, 4) is 0 Å². The van der Waals surface area contributed by atoms with Crippen molar-refractivity contribution in [2.75, 3.05) is 13.1 Å². The van der Waals surface area contributed by atoms with Crippen molar-refractivity contribution < 1.29 is 4.79 Å². The normalized spacial score (nSPS) is 23.8. The Morgan fingerprint density at radius 2 is 2.08 bits per heavy atom. The molecule has 0 aromatic heterocycles. The fourth-order valence-corrected chi connectivity index (χ4v) is 1.52. The number of nitrogens with two attached hydrogens (primary N) is 1. The summed E-state index contributed by atoms with van der Waals surface area (Å²) < 4.78 is 0. The van der Waals surface area contributed by atoms with Crippen LogP contribution in [0.2, 0.25) is 0 Å². The van der Waals surface area contributed by atoms with Crippen molar-refractivity contribution >= 4 is 5.91 Å². The highest BCUT2D eigenvalue weighted by atomic mass is 16.1.